The molecule has 0 aromatic carbocycles. The highest BCUT2D eigenvalue weighted by molar-refractivity contribution is 5.75. The Morgan fingerprint density at radius 3 is 2.63 bits per heavy atom. The normalized spacial score (nSPS) is 49.1. The monoisotopic (exact) mass is 377 g/mol. The summed E-state index contributed by atoms with van der Waals surface area (Å²) in [5, 5.41) is 12.8. The molecular formula is C23H39NO3. The number of hydrogen-bond donors (Lipinski definition) is 1. The molecule has 4 aliphatic rings. The molecule has 4 rings (SSSR count). The fourth-order valence-electron chi connectivity index (χ4n) is 8.16. The smallest absolute Gasteiger partial charge is 0.246 e. The molecule has 0 aromatic heterocycles. The van der Waals surface area contributed by atoms with Gasteiger partial charge >= 0.3 is 0 Å². The summed E-state index contributed by atoms with van der Waals surface area (Å²) >= 11 is 0. The van der Waals surface area contributed by atoms with E-state index < -0.39 is 0 Å². The van der Waals surface area contributed by atoms with Gasteiger partial charge in [0.25, 0.3) is 0 Å². The lowest BCUT2D eigenvalue weighted by Gasteiger charge is -2.61. The fourth-order valence-corrected chi connectivity index (χ4v) is 8.16. The van der Waals surface area contributed by atoms with Gasteiger partial charge in [-0.3, -0.25) is 9.63 Å². The van der Waals surface area contributed by atoms with Gasteiger partial charge in [0.2, 0.25) is 5.91 Å². The first-order valence-electron chi connectivity index (χ1n) is 11.3. The second kappa shape index (κ2) is 7.02. The number of amides is 1. The van der Waals surface area contributed by atoms with E-state index in [0.717, 1.165) is 24.7 Å². The first kappa shape index (κ1) is 19.7. The second-order valence-corrected chi connectivity index (χ2v) is 10.6. The summed E-state index contributed by atoms with van der Waals surface area (Å²) in [4.78, 5) is 17.6. The average Bonchev–Trinajstić information content (AvgIpc) is 2.99. The molecule has 0 spiro atoms. The van der Waals surface area contributed by atoms with Crippen LogP contribution in [-0.2, 0) is 9.63 Å². The van der Waals surface area contributed by atoms with Crippen LogP contribution in [0.1, 0.15) is 78.1 Å². The zero-order valence-corrected chi connectivity index (χ0v) is 17.7. The number of hydrogen-bond acceptors (Lipinski definition) is 3. The predicted octanol–water partition coefficient (Wildman–Crippen LogP) is 4.42. The van der Waals surface area contributed by atoms with Crippen molar-refractivity contribution in [3.63, 3.8) is 0 Å². The highest BCUT2D eigenvalue weighted by Crippen LogP contribution is 2.67. The van der Waals surface area contributed by atoms with Crippen molar-refractivity contribution in [1.29, 1.82) is 0 Å². The van der Waals surface area contributed by atoms with E-state index in [-0.39, 0.29) is 23.3 Å². The Morgan fingerprint density at radius 2 is 1.89 bits per heavy atom. The summed E-state index contributed by atoms with van der Waals surface area (Å²) in [6, 6.07) is 0. The molecular weight excluding hydrogens is 338 g/mol. The van der Waals surface area contributed by atoms with Crippen LogP contribution in [0.25, 0.3) is 0 Å². The van der Waals surface area contributed by atoms with Crippen molar-refractivity contribution in [3.8, 4) is 0 Å². The number of aliphatic hydroxyl groups is 1. The number of fused-ring (bicyclic) bond motifs is 5. The Balaban J connectivity index is 1.57. The molecule has 0 heterocycles. The number of rotatable bonds is 3. The molecule has 0 aliphatic heterocycles. The van der Waals surface area contributed by atoms with Crippen molar-refractivity contribution in [1.82, 2.24) is 5.06 Å². The molecule has 0 aromatic rings. The predicted molar refractivity (Wildman–Crippen MR) is 106 cm³/mol. The second-order valence-electron chi connectivity index (χ2n) is 10.6. The number of carbonyl (C=O) groups is 1. The van der Waals surface area contributed by atoms with Gasteiger partial charge in [-0.15, -0.1) is 0 Å². The van der Waals surface area contributed by atoms with Gasteiger partial charge in [0.1, 0.15) is 0 Å². The number of hydroxylamine groups is 2. The molecule has 8 atom stereocenters. The standard InChI is InChI=1S/C23H39NO3/c1-22-12-6-5-7-15(22)8-10-17-18-11-9-16(13-21(26)24(3)27-4)23(18,2)20(25)14-19(17)22/h15-20,25H,5-14H2,1-4H3/t15-,16+,17?,18?,19?,20-,22-,23+/m0/s1. The fraction of sp³-hybridized carbons (Fsp3) is 0.957. The van der Waals surface area contributed by atoms with E-state index in [2.05, 4.69) is 13.8 Å². The van der Waals surface area contributed by atoms with E-state index >= 15 is 0 Å². The zero-order valence-electron chi connectivity index (χ0n) is 17.7. The van der Waals surface area contributed by atoms with Crippen LogP contribution in [0.3, 0.4) is 0 Å². The highest BCUT2D eigenvalue weighted by Gasteiger charge is 2.63. The van der Waals surface area contributed by atoms with E-state index in [1.165, 1.54) is 50.0 Å². The largest absolute Gasteiger partial charge is 0.393 e. The first-order valence-corrected chi connectivity index (χ1v) is 11.3. The third-order valence-corrected chi connectivity index (χ3v) is 9.93. The number of aliphatic hydroxyl groups excluding tert-OH is 1. The molecule has 3 unspecified atom stereocenters. The molecule has 0 bridgehead atoms. The van der Waals surface area contributed by atoms with Crippen molar-refractivity contribution in [3.05, 3.63) is 0 Å². The summed E-state index contributed by atoms with van der Waals surface area (Å²) in [7, 11) is 3.23. The maximum absolute atomic E-state index is 12.5. The molecule has 4 aliphatic carbocycles. The maximum Gasteiger partial charge on any atom is 0.246 e. The lowest BCUT2D eigenvalue weighted by molar-refractivity contribution is -0.178. The quantitative estimate of drug-likeness (QED) is 0.741. The average molecular weight is 378 g/mol. The van der Waals surface area contributed by atoms with Crippen molar-refractivity contribution < 1.29 is 14.7 Å². The van der Waals surface area contributed by atoms with E-state index in [1.807, 2.05) is 0 Å². The lowest BCUT2D eigenvalue weighted by atomic mass is 9.44. The van der Waals surface area contributed by atoms with Crippen LogP contribution >= 0.6 is 0 Å². The summed E-state index contributed by atoms with van der Waals surface area (Å²) in [5.41, 5.74) is 0.330. The van der Waals surface area contributed by atoms with Crippen LogP contribution in [0.4, 0.5) is 0 Å². The minimum atomic E-state index is -0.269. The van der Waals surface area contributed by atoms with Gasteiger partial charge in [-0.2, -0.15) is 0 Å². The van der Waals surface area contributed by atoms with Gasteiger partial charge in [0.05, 0.1) is 13.2 Å². The van der Waals surface area contributed by atoms with Crippen LogP contribution in [0.2, 0.25) is 0 Å². The lowest BCUT2D eigenvalue weighted by Crippen LogP contribution is -2.57. The molecule has 4 fully saturated rings. The van der Waals surface area contributed by atoms with Crippen LogP contribution in [-0.4, -0.2) is 36.3 Å². The highest BCUT2D eigenvalue weighted by atomic mass is 16.7. The third-order valence-electron chi connectivity index (χ3n) is 9.93. The van der Waals surface area contributed by atoms with Crippen LogP contribution < -0.4 is 0 Å². The molecule has 4 nitrogen and oxygen atoms in total. The topological polar surface area (TPSA) is 49.8 Å². The SMILES string of the molecule is CON(C)C(=O)C[C@H]1CCC2C3CC[C@@H]4CCCC[C@]4(C)C3C[C@H](O)[C@@]21C. The van der Waals surface area contributed by atoms with Gasteiger partial charge in [-0.1, -0.05) is 26.7 Å². The molecule has 4 heteroatoms. The number of nitrogens with zero attached hydrogens (tertiary/aromatic N) is 1. The Hall–Kier alpha value is -0.610. The molecule has 154 valence electrons. The van der Waals surface area contributed by atoms with E-state index in [0.29, 0.717) is 23.7 Å². The van der Waals surface area contributed by atoms with Crippen molar-refractivity contribution in [2.45, 2.75) is 84.2 Å². The van der Waals surface area contributed by atoms with E-state index in [4.69, 9.17) is 4.84 Å². The molecule has 0 radical (unpaired) electrons. The van der Waals surface area contributed by atoms with Crippen molar-refractivity contribution in [2.75, 3.05) is 14.2 Å². The Morgan fingerprint density at radius 1 is 1.11 bits per heavy atom. The van der Waals surface area contributed by atoms with Crippen molar-refractivity contribution in [2.24, 2.45) is 40.4 Å². The van der Waals surface area contributed by atoms with Crippen LogP contribution in [0.5, 0.6) is 0 Å². The Kier molecular flexibility index (Phi) is 5.12. The van der Waals surface area contributed by atoms with Crippen molar-refractivity contribution >= 4 is 5.91 Å². The summed E-state index contributed by atoms with van der Waals surface area (Å²) in [5.74, 6) is 3.20. The molecule has 1 N–H and O–H groups in total. The van der Waals surface area contributed by atoms with Gasteiger partial charge in [0, 0.05) is 13.5 Å². The van der Waals surface area contributed by atoms with Gasteiger partial charge in [-0.25, -0.2) is 5.06 Å². The molecule has 1 amide bonds. The maximum atomic E-state index is 12.5. The molecule has 0 saturated heterocycles. The Labute approximate surface area is 165 Å². The third kappa shape index (κ3) is 2.88. The molecule has 4 saturated carbocycles. The van der Waals surface area contributed by atoms with Crippen LogP contribution in [0.15, 0.2) is 0 Å². The zero-order chi connectivity index (χ0) is 19.4. The van der Waals surface area contributed by atoms with E-state index in [1.54, 1.807) is 14.2 Å². The van der Waals surface area contributed by atoms with Gasteiger partial charge in [-0.05, 0) is 85.4 Å². The number of carbonyl (C=O) groups excluding carboxylic acids is 1. The summed E-state index contributed by atoms with van der Waals surface area (Å²) in [6.45, 7) is 4.85. The van der Waals surface area contributed by atoms with Crippen LogP contribution in [0, 0.1) is 40.4 Å². The minimum Gasteiger partial charge on any atom is -0.393 e. The van der Waals surface area contributed by atoms with E-state index in [9.17, 15) is 9.90 Å². The first-order chi connectivity index (χ1) is 12.8. The summed E-state index contributed by atoms with van der Waals surface area (Å²) < 4.78 is 0. The summed E-state index contributed by atoms with van der Waals surface area (Å²) in [6.07, 6.45) is 11.7. The Bertz CT molecular complexity index is 580. The van der Waals surface area contributed by atoms with Gasteiger partial charge in [0.15, 0.2) is 0 Å². The minimum absolute atomic E-state index is 0.0432. The molecule has 27 heavy (non-hydrogen) atoms. The van der Waals surface area contributed by atoms with Gasteiger partial charge < -0.3 is 5.11 Å².